The minimum Gasteiger partial charge on any atom is -0.250 e. The molecule has 0 bridgehead atoms. The summed E-state index contributed by atoms with van der Waals surface area (Å²) in [6.07, 6.45) is 5.32. The van der Waals surface area contributed by atoms with Gasteiger partial charge in [-0.1, -0.05) is 0 Å². The van der Waals surface area contributed by atoms with Crippen molar-refractivity contribution in [3.63, 3.8) is 0 Å². The fourth-order valence-electron chi connectivity index (χ4n) is 0.322. The number of aromatic nitrogens is 2. The molecule has 3 nitrogen and oxygen atoms in total. The lowest BCUT2D eigenvalue weighted by Crippen LogP contribution is -1.80. The number of nitriles is 1. The molecule has 1 radical (unpaired) electrons. The third-order valence-electron chi connectivity index (χ3n) is 0.621. The van der Waals surface area contributed by atoms with Gasteiger partial charge >= 0.3 is 0 Å². The molecular weight excluding hydrogens is 102 g/mol. The molecule has 1 heterocycles. The second-order valence-corrected chi connectivity index (χ2v) is 1.13. The zero-order valence-corrected chi connectivity index (χ0v) is 4.00. The molecule has 0 unspecified atom stereocenters. The first kappa shape index (κ1) is 4.72. The smallest absolute Gasteiger partial charge is 0.168 e. The van der Waals surface area contributed by atoms with Crippen molar-refractivity contribution in [1.29, 1.82) is 5.26 Å². The molecule has 0 aliphatic carbocycles. The Balaban J connectivity index is 3.05. The average Bonchev–Trinajstić information content (AvgIpc) is 1.90. The molecule has 0 fully saturated rings. The van der Waals surface area contributed by atoms with Crippen molar-refractivity contribution in [3.05, 3.63) is 24.3 Å². The van der Waals surface area contributed by atoms with Crippen LogP contribution in [0, 0.1) is 17.5 Å². The molecule has 1 rings (SSSR count). The Kier molecular flexibility index (Phi) is 1.20. The Labute approximate surface area is 46.6 Å². The molecule has 3 heteroatoms. The third-order valence-corrected chi connectivity index (χ3v) is 0.621. The zero-order chi connectivity index (χ0) is 5.82. The Morgan fingerprint density at radius 2 is 2.50 bits per heavy atom. The van der Waals surface area contributed by atoms with Gasteiger partial charge in [-0.2, -0.15) is 5.26 Å². The first-order valence-corrected chi connectivity index (χ1v) is 2.02. The Bertz CT molecular complexity index is 199. The van der Waals surface area contributed by atoms with E-state index >= 15 is 0 Å². The van der Waals surface area contributed by atoms with Crippen LogP contribution in [-0.2, 0) is 0 Å². The highest BCUT2D eigenvalue weighted by Gasteiger charge is 1.84. The molecule has 0 saturated heterocycles. The Morgan fingerprint density at radius 3 is 2.88 bits per heavy atom. The fourth-order valence-corrected chi connectivity index (χ4v) is 0.322. The summed E-state index contributed by atoms with van der Waals surface area (Å²) in [6, 6.07) is 1.80. The molecule has 0 saturated carbocycles. The van der Waals surface area contributed by atoms with E-state index in [4.69, 9.17) is 5.26 Å². The molecule has 0 aliphatic rings. The molecule has 0 spiro atoms. The molecule has 0 aliphatic heterocycles. The van der Waals surface area contributed by atoms with Gasteiger partial charge in [0.25, 0.3) is 0 Å². The van der Waals surface area contributed by atoms with Crippen molar-refractivity contribution in [3.8, 4) is 6.07 Å². The van der Waals surface area contributed by atoms with E-state index in [1.54, 1.807) is 6.07 Å². The van der Waals surface area contributed by atoms with Crippen LogP contribution in [0.15, 0.2) is 12.4 Å². The van der Waals surface area contributed by atoms with Crippen LogP contribution in [-0.4, -0.2) is 9.97 Å². The summed E-state index contributed by atoms with van der Waals surface area (Å²) in [5.74, 6) is 0. The van der Waals surface area contributed by atoms with Gasteiger partial charge in [0, 0.05) is 12.4 Å². The number of hydrogen-bond donors (Lipinski definition) is 0. The van der Waals surface area contributed by atoms with E-state index < -0.39 is 0 Å². The lowest BCUT2D eigenvalue weighted by atomic mass is 10.5. The van der Waals surface area contributed by atoms with E-state index in [0.29, 0.717) is 0 Å². The first-order valence-electron chi connectivity index (χ1n) is 2.02. The highest BCUT2D eigenvalue weighted by Crippen LogP contribution is 1.81. The molecular formula is C5H2N3. The van der Waals surface area contributed by atoms with Crippen LogP contribution in [0.5, 0.6) is 0 Å². The van der Waals surface area contributed by atoms with Crippen molar-refractivity contribution < 1.29 is 0 Å². The summed E-state index contributed by atoms with van der Waals surface area (Å²) in [4.78, 5) is 7.16. The van der Waals surface area contributed by atoms with Gasteiger partial charge in [-0.05, 0) is 0 Å². The minimum absolute atomic E-state index is 0.229. The topological polar surface area (TPSA) is 49.6 Å². The maximum atomic E-state index is 8.15. The lowest BCUT2D eigenvalue weighted by molar-refractivity contribution is 1.15. The maximum Gasteiger partial charge on any atom is 0.168 e. The average molecular weight is 104 g/mol. The number of hydrogen-bond acceptors (Lipinski definition) is 3. The van der Waals surface area contributed by atoms with Crippen LogP contribution >= 0.6 is 0 Å². The van der Waals surface area contributed by atoms with Crippen LogP contribution < -0.4 is 0 Å². The van der Waals surface area contributed by atoms with Gasteiger partial charge in [0.2, 0.25) is 0 Å². The Hall–Kier alpha value is -1.43. The van der Waals surface area contributed by atoms with Gasteiger partial charge in [0.1, 0.15) is 12.3 Å². The number of rotatable bonds is 0. The normalized spacial score (nSPS) is 7.88. The van der Waals surface area contributed by atoms with Crippen molar-refractivity contribution in [1.82, 2.24) is 9.97 Å². The van der Waals surface area contributed by atoms with Crippen molar-refractivity contribution in [2.24, 2.45) is 0 Å². The third kappa shape index (κ3) is 0.793. The molecule has 0 amide bonds. The maximum absolute atomic E-state index is 8.15. The highest BCUT2D eigenvalue weighted by atomic mass is 14.8. The quantitative estimate of drug-likeness (QED) is 0.470. The van der Waals surface area contributed by atoms with Crippen LogP contribution in [0.1, 0.15) is 5.69 Å². The monoisotopic (exact) mass is 104 g/mol. The van der Waals surface area contributed by atoms with E-state index in [9.17, 15) is 0 Å². The zero-order valence-electron chi connectivity index (χ0n) is 4.00. The first-order chi connectivity index (χ1) is 3.93. The second-order valence-electron chi connectivity index (χ2n) is 1.13. The SMILES string of the molecule is N#Cc1[c]nccn1. The molecule has 37 valence electrons. The molecule has 1 aromatic heterocycles. The second kappa shape index (κ2) is 2.03. The van der Waals surface area contributed by atoms with E-state index in [-0.39, 0.29) is 5.69 Å². The molecule has 0 atom stereocenters. The van der Waals surface area contributed by atoms with E-state index in [1.165, 1.54) is 12.4 Å². The molecule has 1 aromatic rings. The summed E-state index contributed by atoms with van der Waals surface area (Å²) in [7, 11) is 0. The van der Waals surface area contributed by atoms with Gasteiger partial charge in [0.15, 0.2) is 5.69 Å². The van der Waals surface area contributed by atoms with E-state index in [2.05, 4.69) is 16.2 Å². The predicted molar refractivity (Wildman–Crippen MR) is 25.6 cm³/mol. The van der Waals surface area contributed by atoms with Crippen LogP contribution in [0.2, 0.25) is 0 Å². The van der Waals surface area contributed by atoms with Crippen LogP contribution in [0.4, 0.5) is 0 Å². The lowest BCUT2D eigenvalue weighted by Gasteiger charge is -1.77. The van der Waals surface area contributed by atoms with E-state index in [1.807, 2.05) is 0 Å². The fraction of sp³-hybridized carbons (Fsp3) is 0. The predicted octanol–water partition coefficient (Wildman–Crippen LogP) is 0.148. The molecule has 0 N–H and O–H groups in total. The van der Waals surface area contributed by atoms with Gasteiger partial charge in [0.05, 0.1) is 0 Å². The van der Waals surface area contributed by atoms with Crippen molar-refractivity contribution in [2.45, 2.75) is 0 Å². The number of nitrogens with zero attached hydrogens (tertiary/aromatic N) is 3. The van der Waals surface area contributed by atoms with Crippen LogP contribution in [0.25, 0.3) is 0 Å². The Morgan fingerprint density at radius 1 is 1.62 bits per heavy atom. The van der Waals surface area contributed by atoms with Crippen LogP contribution in [0.3, 0.4) is 0 Å². The summed E-state index contributed by atoms with van der Waals surface area (Å²) in [5, 5.41) is 8.15. The van der Waals surface area contributed by atoms with Gasteiger partial charge in [-0.25, -0.2) is 9.97 Å². The molecule has 8 heavy (non-hydrogen) atoms. The van der Waals surface area contributed by atoms with Gasteiger partial charge in [-0.3, -0.25) is 0 Å². The highest BCUT2D eigenvalue weighted by molar-refractivity contribution is 5.12. The van der Waals surface area contributed by atoms with Crippen molar-refractivity contribution in [2.75, 3.05) is 0 Å². The minimum atomic E-state index is 0.229. The van der Waals surface area contributed by atoms with Crippen molar-refractivity contribution >= 4 is 0 Å². The molecule has 0 aromatic carbocycles. The van der Waals surface area contributed by atoms with E-state index in [0.717, 1.165) is 0 Å². The van der Waals surface area contributed by atoms with Gasteiger partial charge in [-0.15, -0.1) is 0 Å². The summed E-state index contributed by atoms with van der Waals surface area (Å²) >= 11 is 0. The standard InChI is InChI=1S/C5H2N3/c6-3-5-4-7-1-2-8-5/h1-2H. The largest absolute Gasteiger partial charge is 0.250 e. The van der Waals surface area contributed by atoms with Gasteiger partial charge < -0.3 is 0 Å². The summed E-state index contributed by atoms with van der Waals surface area (Å²) in [5.41, 5.74) is 0.229. The summed E-state index contributed by atoms with van der Waals surface area (Å²) < 4.78 is 0. The summed E-state index contributed by atoms with van der Waals surface area (Å²) in [6.45, 7) is 0.